The van der Waals surface area contributed by atoms with Crippen LogP contribution in [0, 0.1) is 0 Å². The van der Waals surface area contributed by atoms with Crippen molar-refractivity contribution in [1.29, 1.82) is 0 Å². The molecule has 0 aliphatic rings. The number of benzene rings is 1. The zero-order valence-corrected chi connectivity index (χ0v) is 17.1. The number of rotatable bonds is 8. The van der Waals surface area contributed by atoms with E-state index in [-0.39, 0.29) is 35.7 Å². The van der Waals surface area contributed by atoms with Gasteiger partial charge in [0.25, 0.3) is 5.56 Å². The lowest BCUT2D eigenvalue weighted by Crippen LogP contribution is -2.40. The van der Waals surface area contributed by atoms with Crippen molar-refractivity contribution in [3.05, 3.63) is 33.6 Å². The second kappa shape index (κ2) is 9.75. The van der Waals surface area contributed by atoms with E-state index < -0.39 is 0 Å². The van der Waals surface area contributed by atoms with E-state index in [2.05, 4.69) is 15.6 Å². The molecule has 0 radical (unpaired) electrons. The molecule has 27 heavy (non-hydrogen) atoms. The van der Waals surface area contributed by atoms with E-state index >= 15 is 0 Å². The van der Waals surface area contributed by atoms with Crippen LogP contribution in [0.1, 0.15) is 27.2 Å². The molecule has 0 fully saturated rings. The average Bonchev–Trinajstić information content (AvgIpc) is 2.60. The number of fused-ring (bicyclic) bond motifs is 1. The fourth-order valence-corrected chi connectivity index (χ4v) is 3.46. The number of amides is 2. The summed E-state index contributed by atoms with van der Waals surface area (Å²) in [7, 11) is 0. The summed E-state index contributed by atoms with van der Waals surface area (Å²) in [5.41, 5.74) is 0.344. The van der Waals surface area contributed by atoms with Crippen molar-refractivity contribution in [3.8, 4) is 0 Å². The van der Waals surface area contributed by atoms with Crippen molar-refractivity contribution in [2.45, 2.75) is 44.9 Å². The molecule has 2 N–H and O–H groups in total. The maximum Gasteiger partial charge on any atom is 0.262 e. The van der Waals surface area contributed by atoms with Gasteiger partial charge >= 0.3 is 0 Å². The van der Waals surface area contributed by atoms with E-state index in [1.54, 1.807) is 22.8 Å². The number of thioether (sulfide) groups is 1. The van der Waals surface area contributed by atoms with Crippen molar-refractivity contribution in [2.24, 2.45) is 0 Å². The van der Waals surface area contributed by atoms with Crippen LogP contribution in [-0.4, -0.2) is 39.7 Å². The van der Waals surface area contributed by atoms with Crippen LogP contribution in [0.2, 0.25) is 5.02 Å². The van der Waals surface area contributed by atoms with Gasteiger partial charge in [-0.1, -0.05) is 30.3 Å². The van der Waals surface area contributed by atoms with E-state index in [1.165, 1.54) is 0 Å². The summed E-state index contributed by atoms with van der Waals surface area (Å²) in [4.78, 5) is 40.9. The fraction of sp³-hybridized carbons (Fsp3) is 0.444. The van der Waals surface area contributed by atoms with Crippen LogP contribution < -0.4 is 16.2 Å². The van der Waals surface area contributed by atoms with Gasteiger partial charge in [-0.3, -0.25) is 19.0 Å². The lowest BCUT2D eigenvalue weighted by atomic mass is 10.2. The molecule has 146 valence electrons. The molecule has 1 heterocycles. The normalized spacial score (nSPS) is 11.0. The minimum Gasteiger partial charge on any atom is -0.352 e. The number of hydrogen-bond acceptors (Lipinski definition) is 5. The lowest BCUT2D eigenvalue weighted by Gasteiger charge is -2.12. The Morgan fingerprint density at radius 1 is 1.30 bits per heavy atom. The second-order valence-electron chi connectivity index (χ2n) is 6.30. The van der Waals surface area contributed by atoms with Gasteiger partial charge < -0.3 is 10.6 Å². The molecule has 2 amide bonds. The molecular formula is C18H23ClN4O3S. The zero-order chi connectivity index (χ0) is 20.0. The Kier molecular flexibility index (Phi) is 7.67. The van der Waals surface area contributed by atoms with E-state index in [4.69, 9.17) is 11.6 Å². The van der Waals surface area contributed by atoms with E-state index in [1.807, 2.05) is 20.8 Å². The largest absolute Gasteiger partial charge is 0.352 e. The first-order valence-electron chi connectivity index (χ1n) is 8.70. The highest BCUT2D eigenvalue weighted by atomic mass is 35.5. The van der Waals surface area contributed by atoms with E-state index in [9.17, 15) is 14.4 Å². The van der Waals surface area contributed by atoms with Gasteiger partial charge in [0.05, 0.1) is 23.2 Å². The van der Waals surface area contributed by atoms with Crippen LogP contribution in [0.5, 0.6) is 0 Å². The number of carbonyl (C=O) groups is 2. The van der Waals surface area contributed by atoms with Crippen LogP contribution in [0.3, 0.4) is 0 Å². The van der Waals surface area contributed by atoms with Crippen molar-refractivity contribution in [2.75, 3.05) is 12.3 Å². The molecule has 9 heteroatoms. The predicted octanol–water partition coefficient (Wildman–Crippen LogP) is 2.19. The highest BCUT2D eigenvalue weighted by Crippen LogP contribution is 2.20. The number of nitrogens with zero attached hydrogens (tertiary/aromatic N) is 2. The Balaban J connectivity index is 2.12. The summed E-state index contributed by atoms with van der Waals surface area (Å²) in [5, 5.41) is 6.70. The fourth-order valence-electron chi connectivity index (χ4n) is 2.44. The number of hydrogen-bond donors (Lipinski definition) is 2. The monoisotopic (exact) mass is 410 g/mol. The lowest BCUT2D eigenvalue weighted by molar-refractivity contribution is -0.125. The molecule has 0 saturated carbocycles. The summed E-state index contributed by atoms with van der Waals surface area (Å²) < 4.78 is 1.57. The van der Waals surface area contributed by atoms with Crippen LogP contribution in [0.25, 0.3) is 10.9 Å². The molecule has 2 aromatic rings. The molecule has 2 rings (SSSR count). The SMILES string of the molecule is CCCn1c(SCC(=O)NCC(=O)NC(C)C)nc2cc(Cl)ccc2c1=O. The molecule has 0 bridgehead atoms. The Hall–Kier alpha value is -2.06. The zero-order valence-electron chi connectivity index (χ0n) is 15.5. The average molecular weight is 411 g/mol. The molecule has 0 unspecified atom stereocenters. The third kappa shape index (κ3) is 5.97. The summed E-state index contributed by atoms with van der Waals surface area (Å²) in [6.45, 7) is 6.08. The maximum absolute atomic E-state index is 12.7. The third-order valence-electron chi connectivity index (χ3n) is 3.56. The van der Waals surface area contributed by atoms with Crippen molar-refractivity contribution in [3.63, 3.8) is 0 Å². The van der Waals surface area contributed by atoms with Crippen molar-refractivity contribution >= 4 is 46.1 Å². The molecule has 1 aromatic heterocycles. The highest BCUT2D eigenvalue weighted by molar-refractivity contribution is 7.99. The number of nitrogens with one attached hydrogen (secondary N) is 2. The van der Waals surface area contributed by atoms with Gasteiger partial charge in [0, 0.05) is 17.6 Å². The molecule has 7 nitrogen and oxygen atoms in total. The summed E-state index contributed by atoms with van der Waals surface area (Å²) in [6, 6.07) is 4.97. The number of aromatic nitrogens is 2. The first-order chi connectivity index (χ1) is 12.8. The summed E-state index contributed by atoms with van der Waals surface area (Å²) in [6.07, 6.45) is 0.760. The number of carbonyl (C=O) groups excluding carboxylic acids is 2. The van der Waals surface area contributed by atoms with Crippen LogP contribution in [0.4, 0.5) is 0 Å². The van der Waals surface area contributed by atoms with Crippen molar-refractivity contribution < 1.29 is 9.59 Å². The summed E-state index contributed by atoms with van der Waals surface area (Å²) in [5.74, 6) is -0.496. The van der Waals surface area contributed by atoms with Crippen LogP contribution in [0.15, 0.2) is 28.2 Å². The molecule has 0 saturated heterocycles. The van der Waals surface area contributed by atoms with Crippen LogP contribution >= 0.6 is 23.4 Å². The Labute approximate surface area is 166 Å². The first-order valence-corrected chi connectivity index (χ1v) is 10.1. The molecule has 0 aliphatic carbocycles. The second-order valence-corrected chi connectivity index (χ2v) is 7.68. The van der Waals surface area contributed by atoms with E-state index in [0.717, 1.165) is 18.2 Å². The summed E-state index contributed by atoms with van der Waals surface area (Å²) >= 11 is 7.16. The quantitative estimate of drug-likeness (QED) is 0.514. The topological polar surface area (TPSA) is 93.1 Å². The Bertz CT molecular complexity index is 898. The van der Waals surface area contributed by atoms with Gasteiger partial charge in [-0.15, -0.1) is 0 Å². The van der Waals surface area contributed by atoms with Crippen LogP contribution in [-0.2, 0) is 16.1 Å². The molecule has 0 atom stereocenters. The predicted molar refractivity (Wildman–Crippen MR) is 108 cm³/mol. The Morgan fingerprint density at radius 2 is 2.04 bits per heavy atom. The first kappa shape index (κ1) is 21.2. The molecule has 0 aliphatic heterocycles. The van der Waals surface area contributed by atoms with Gasteiger partial charge in [0.1, 0.15) is 0 Å². The van der Waals surface area contributed by atoms with Gasteiger partial charge in [-0.2, -0.15) is 0 Å². The maximum atomic E-state index is 12.7. The number of halogens is 1. The third-order valence-corrected chi connectivity index (χ3v) is 4.77. The molecule has 0 spiro atoms. The molecular weight excluding hydrogens is 388 g/mol. The van der Waals surface area contributed by atoms with Gasteiger partial charge in [-0.05, 0) is 38.5 Å². The minimum absolute atomic E-state index is 0.0147. The Morgan fingerprint density at radius 3 is 2.70 bits per heavy atom. The highest BCUT2D eigenvalue weighted by Gasteiger charge is 2.14. The van der Waals surface area contributed by atoms with Gasteiger partial charge in [0.15, 0.2) is 5.16 Å². The van der Waals surface area contributed by atoms with E-state index in [0.29, 0.717) is 27.6 Å². The van der Waals surface area contributed by atoms with Gasteiger partial charge in [-0.25, -0.2) is 4.98 Å². The van der Waals surface area contributed by atoms with Gasteiger partial charge in [0.2, 0.25) is 11.8 Å². The smallest absolute Gasteiger partial charge is 0.262 e. The standard InChI is InChI=1S/C18H23ClN4O3S/c1-4-7-23-17(26)13-6-5-12(19)8-14(13)22-18(23)27-10-16(25)20-9-15(24)21-11(2)3/h5-6,8,11H,4,7,9-10H2,1-3H3,(H,20,25)(H,21,24). The molecule has 1 aromatic carbocycles. The van der Waals surface area contributed by atoms with Crippen molar-refractivity contribution in [1.82, 2.24) is 20.2 Å². The minimum atomic E-state index is -0.303.